The van der Waals surface area contributed by atoms with Crippen LogP contribution in [0.3, 0.4) is 0 Å². The summed E-state index contributed by atoms with van der Waals surface area (Å²) in [5.74, 6) is -1.60. The van der Waals surface area contributed by atoms with E-state index in [-0.39, 0.29) is 11.5 Å². The zero-order valence-corrected chi connectivity index (χ0v) is 11.1. The van der Waals surface area contributed by atoms with Gasteiger partial charge in [0, 0.05) is 11.1 Å². The minimum absolute atomic E-state index is 0.194. The van der Waals surface area contributed by atoms with E-state index in [0.29, 0.717) is 23.1 Å². The van der Waals surface area contributed by atoms with E-state index in [1.54, 1.807) is 13.8 Å². The third-order valence-electron chi connectivity index (χ3n) is 4.02. The van der Waals surface area contributed by atoms with Crippen LogP contribution in [-0.2, 0) is 14.3 Å². The van der Waals surface area contributed by atoms with Gasteiger partial charge in [-0.2, -0.15) is 0 Å². The number of ketones is 1. The van der Waals surface area contributed by atoms with Crippen LogP contribution < -0.4 is 0 Å². The van der Waals surface area contributed by atoms with Crippen molar-refractivity contribution in [2.45, 2.75) is 33.3 Å². The topological polar surface area (TPSA) is 83.8 Å². The Morgan fingerprint density at radius 3 is 2.68 bits per heavy atom. The van der Waals surface area contributed by atoms with Crippen LogP contribution in [0.25, 0.3) is 0 Å². The molecule has 1 aliphatic carbocycles. The van der Waals surface area contributed by atoms with Gasteiger partial charge >= 0.3 is 5.97 Å². The first kappa shape index (κ1) is 13.5. The van der Waals surface area contributed by atoms with Gasteiger partial charge in [-0.05, 0) is 31.9 Å². The number of carboxylic acids is 1. The molecule has 2 aliphatic rings. The Balaban J connectivity index is 2.57. The molecule has 0 radical (unpaired) electrons. The lowest BCUT2D eigenvalue weighted by Gasteiger charge is -2.38. The molecule has 0 aromatic heterocycles. The number of ether oxygens (including phenoxy) is 1. The first-order chi connectivity index (χ1) is 8.82. The molecule has 0 spiro atoms. The molecule has 0 bridgehead atoms. The number of aliphatic carboxylic acids is 1. The number of aliphatic hydroxyl groups excluding tert-OH is 1. The Kier molecular flexibility index (Phi) is 3.10. The van der Waals surface area contributed by atoms with Gasteiger partial charge in [0.2, 0.25) is 5.76 Å². The summed E-state index contributed by atoms with van der Waals surface area (Å²) in [4.78, 5) is 23.2. The summed E-state index contributed by atoms with van der Waals surface area (Å²) in [6.07, 6.45) is 2.13. The maximum atomic E-state index is 12.2. The summed E-state index contributed by atoms with van der Waals surface area (Å²) >= 11 is 0. The third kappa shape index (κ3) is 1.81. The number of carbonyl (C=O) groups excluding carboxylic acids is 1. The smallest absolute Gasteiger partial charge is 0.372 e. The number of rotatable bonds is 2. The monoisotopic (exact) mass is 264 g/mol. The summed E-state index contributed by atoms with van der Waals surface area (Å²) < 4.78 is 5.07. The molecule has 5 heteroatoms. The molecule has 0 saturated heterocycles. The van der Waals surface area contributed by atoms with Gasteiger partial charge in [-0.1, -0.05) is 6.92 Å². The largest absolute Gasteiger partial charge is 0.475 e. The summed E-state index contributed by atoms with van der Waals surface area (Å²) in [5, 5.41) is 19.3. The standard InChI is InChI=1S/C14H16O5/c1-4-14(3)10(15)5-8-7(2)11(13(17)18)19-6-9(8)12(14)16/h5-6,12,16H,4H2,1-3H3,(H,17,18). The van der Waals surface area contributed by atoms with Gasteiger partial charge in [-0.15, -0.1) is 0 Å². The normalized spacial score (nSPS) is 30.3. The van der Waals surface area contributed by atoms with E-state index < -0.39 is 17.5 Å². The first-order valence-electron chi connectivity index (χ1n) is 6.08. The SMILES string of the molecule is CCC1(C)C(=O)C=C2C(=COC(C(=O)O)=C2C)C1O. The van der Waals surface area contributed by atoms with Gasteiger partial charge < -0.3 is 14.9 Å². The van der Waals surface area contributed by atoms with E-state index in [1.807, 2.05) is 6.92 Å². The Morgan fingerprint density at radius 2 is 2.16 bits per heavy atom. The van der Waals surface area contributed by atoms with Crippen LogP contribution in [0.5, 0.6) is 0 Å². The van der Waals surface area contributed by atoms with E-state index in [9.17, 15) is 14.7 Å². The lowest BCUT2D eigenvalue weighted by atomic mass is 9.68. The van der Waals surface area contributed by atoms with Gasteiger partial charge in [0.25, 0.3) is 0 Å². The maximum Gasteiger partial charge on any atom is 0.372 e. The molecule has 2 unspecified atom stereocenters. The van der Waals surface area contributed by atoms with Crippen LogP contribution >= 0.6 is 0 Å². The Morgan fingerprint density at radius 1 is 1.53 bits per heavy atom. The van der Waals surface area contributed by atoms with Gasteiger partial charge in [0.15, 0.2) is 5.78 Å². The number of carbonyl (C=O) groups is 2. The molecular formula is C14H16O5. The van der Waals surface area contributed by atoms with Crippen molar-refractivity contribution in [3.63, 3.8) is 0 Å². The van der Waals surface area contributed by atoms with Gasteiger partial charge in [0.1, 0.15) is 0 Å². The predicted octanol–water partition coefficient (Wildman–Crippen LogP) is 1.55. The van der Waals surface area contributed by atoms with Crippen LogP contribution in [0, 0.1) is 5.41 Å². The molecule has 1 aliphatic heterocycles. The van der Waals surface area contributed by atoms with E-state index in [0.717, 1.165) is 0 Å². The van der Waals surface area contributed by atoms with Crippen molar-refractivity contribution in [1.82, 2.24) is 0 Å². The molecule has 0 fully saturated rings. The second kappa shape index (κ2) is 4.35. The second-order valence-electron chi connectivity index (χ2n) is 5.05. The minimum atomic E-state index is -1.19. The molecular weight excluding hydrogens is 248 g/mol. The summed E-state index contributed by atoms with van der Waals surface area (Å²) in [5.41, 5.74) is 0.383. The number of carboxylic acid groups (broad SMARTS) is 1. The lowest BCUT2D eigenvalue weighted by Crippen LogP contribution is -2.44. The second-order valence-corrected chi connectivity index (χ2v) is 5.05. The summed E-state index contributed by atoms with van der Waals surface area (Å²) in [7, 11) is 0. The Hall–Kier alpha value is -1.88. The zero-order chi connectivity index (χ0) is 14.4. The number of hydrogen-bond donors (Lipinski definition) is 2. The molecule has 1 heterocycles. The highest BCUT2D eigenvalue weighted by Gasteiger charge is 2.45. The molecule has 0 aromatic carbocycles. The van der Waals surface area contributed by atoms with Crippen molar-refractivity contribution in [2.24, 2.45) is 5.41 Å². The van der Waals surface area contributed by atoms with Crippen LogP contribution in [0.15, 0.2) is 34.8 Å². The highest BCUT2D eigenvalue weighted by atomic mass is 16.5. The number of allylic oxidation sites excluding steroid dienone is 2. The fourth-order valence-corrected chi connectivity index (χ4v) is 2.37. The van der Waals surface area contributed by atoms with Gasteiger partial charge in [-0.3, -0.25) is 4.79 Å². The number of hydrogen-bond acceptors (Lipinski definition) is 4. The summed E-state index contributed by atoms with van der Waals surface area (Å²) in [6.45, 7) is 5.09. The molecule has 5 nitrogen and oxygen atoms in total. The Labute approximate surface area is 110 Å². The highest BCUT2D eigenvalue weighted by molar-refractivity contribution is 6.00. The van der Waals surface area contributed by atoms with Crippen LogP contribution in [-0.4, -0.2) is 28.1 Å². The van der Waals surface area contributed by atoms with Crippen molar-refractivity contribution in [3.05, 3.63) is 34.8 Å². The molecule has 0 saturated carbocycles. The van der Waals surface area contributed by atoms with E-state index in [4.69, 9.17) is 9.84 Å². The molecule has 2 N–H and O–H groups in total. The maximum absolute atomic E-state index is 12.2. The summed E-state index contributed by atoms with van der Waals surface area (Å²) in [6, 6.07) is 0. The average molecular weight is 264 g/mol. The van der Waals surface area contributed by atoms with Crippen molar-refractivity contribution >= 4 is 11.8 Å². The van der Waals surface area contributed by atoms with E-state index in [1.165, 1.54) is 12.3 Å². The first-order valence-corrected chi connectivity index (χ1v) is 6.08. The van der Waals surface area contributed by atoms with Crippen molar-refractivity contribution in [1.29, 1.82) is 0 Å². The van der Waals surface area contributed by atoms with E-state index in [2.05, 4.69) is 0 Å². The quantitative estimate of drug-likeness (QED) is 0.790. The Bertz CT molecular complexity index is 552. The molecule has 2 rings (SSSR count). The molecule has 0 aromatic rings. The molecule has 19 heavy (non-hydrogen) atoms. The van der Waals surface area contributed by atoms with Crippen LogP contribution in [0.1, 0.15) is 27.2 Å². The van der Waals surface area contributed by atoms with E-state index >= 15 is 0 Å². The molecule has 2 atom stereocenters. The molecule has 102 valence electrons. The van der Waals surface area contributed by atoms with Crippen molar-refractivity contribution in [3.8, 4) is 0 Å². The highest BCUT2D eigenvalue weighted by Crippen LogP contribution is 2.43. The lowest BCUT2D eigenvalue weighted by molar-refractivity contribution is -0.136. The van der Waals surface area contributed by atoms with Crippen LogP contribution in [0.4, 0.5) is 0 Å². The zero-order valence-electron chi connectivity index (χ0n) is 11.1. The molecule has 0 amide bonds. The van der Waals surface area contributed by atoms with Gasteiger partial charge in [-0.25, -0.2) is 4.79 Å². The third-order valence-corrected chi connectivity index (χ3v) is 4.02. The average Bonchev–Trinajstić information content (AvgIpc) is 2.37. The van der Waals surface area contributed by atoms with Gasteiger partial charge in [0.05, 0.1) is 17.8 Å². The number of aliphatic hydroxyl groups is 1. The van der Waals surface area contributed by atoms with Crippen molar-refractivity contribution in [2.75, 3.05) is 0 Å². The minimum Gasteiger partial charge on any atom is -0.475 e. The fraction of sp³-hybridized carbons (Fsp3) is 0.429. The van der Waals surface area contributed by atoms with Crippen LogP contribution in [0.2, 0.25) is 0 Å². The number of fused-ring (bicyclic) bond motifs is 1. The van der Waals surface area contributed by atoms with Crippen molar-refractivity contribution < 1.29 is 24.5 Å². The predicted molar refractivity (Wildman–Crippen MR) is 67.0 cm³/mol. The fourth-order valence-electron chi connectivity index (χ4n) is 2.37.